The molecule has 168 valence electrons. The van der Waals surface area contributed by atoms with Gasteiger partial charge in [0.2, 0.25) is 0 Å². The van der Waals surface area contributed by atoms with Gasteiger partial charge in [-0.2, -0.15) is 22.9 Å². The molecule has 0 saturated carbocycles. The van der Waals surface area contributed by atoms with Crippen molar-refractivity contribution >= 4 is 17.1 Å². The zero-order chi connectivity index (χ0) is 23.6. The Morgan fingerprint density at radius 1 is 1.00 bits per heavy atom. The highest BCUT2D eigenvalue weighted by atomic mass is 19.4. The zero-order valence-corrected chi connectivity index (χ0v) is 17.9. The van der Waals surface area contributed by atoms with E-state index in [-0.39, 0.29) is 17.5 Å². The number of nitrogens with zero attached hydrogens (tertiary/aromatic N) is 3. The summed E-state index contributed by atoms with van der Waals surface area (Å²) in [4.78, 5) is 17.7. The standard InChI is InChI=1S/C25H20F3N3O2/c1-16(2)33-22-13-6-3-8-18(22)15-29-31-23(17-9-7-10-19(14-17)25(26,27)28)30-21-12-5-4-11-20(21)24(31)32/h3-16H,1-2H3. The van der Waals surface area contributed by atoms with Crippen LogP contribution in [0.15, 0.2) is 82.7 Å². The SMILES string of the molecule is CC(C)Oc1ccccc1C=Nn1c(-c2cccc(C(F)(F)F)c2)nc2ccccc2c1=O. The average Bonchev–Trinajstić information content (AvgIpc) is 2.78. The van der Waals surface area contributed by atoms with Gasteiger partial charge < -0.3 is 4.74 Å². The molecule has 0 bridgehead atoms. The van der Waals surface area contributed by atoms with E-state index in [1.807, 2.05) is 19.9 Å². The third kappa shape index (κ3) is 4.79. The van der Waals surface area contributed by atoms with Gasteiger partial charge in [-0.15, -0.1) is 0 Å². The number of alkyl halides is 3. The molecule has 1 heterocycles. The summed E-state index contributed by atoms with van der Waals surface area (Å²) in [6.07, 6.45) is -3.17. The molecule has 0 saturated heterocycles. The third-order valence-corrected chi connectivity index (χ3v) is 4.80. The van der Waals surface area contributed by atoms with Crippen molar-refractivity contribution in [3.05, 3.63) is 94.3 Å². The van der Waals surface area contributed by atoms with Gasteiger partial charge in [0.05, 0.1) is 28.8 Å². The fourth-order valence-corrected chi connectivity index (χ4v) is 3.32. The van der Waals surface area contributed by atoms with Crippen molar-refractivity contribution in [2.24, 2.45) is 5.10 Å². The second-order valence-electron chi connectivity index (χ2n) is 7.60. The van der Waals surface area contributed by atoms with Crippen molar-refractivity contribution in [2.45, 2.75) is 26.1 Å². The number of para-hydroxylation sites is 2. The van der Waals surface area contributed by atoms with Gasteiger partial charge in [-0.25, -0.2) is 4.98 Å². The van der Waals surface area contributed by atoms with E-state index in [0.29, 0.717) is 22.2 Å². The Morgan fingerprint density at radius 3 is 2.48 bits per heavy atom. The molecule has 0 aliphatic carbocycles. The molecule has 0 radical (unpaired) electrons. The van der Waals surface area contributed by atoms with E-state index < -0.39 is 17.3 Å². The number of ether oxygens (including phenoxy) is 1. The minimum absolute atomic E-state index is 0.00306. The van der Waals surface area contributed by atoms with Crippen molar-refractivity contribution in [1.82, 2.24) is 9.66 Å². The van der Waals surface area contributed by atoms with Crippen molar-refractivity contribution in [1.29, 1.82) is 0 Å². The summed E-state index contributed by atoms with van der Waals surface area (Å²) in [6, 6.07) is 18.4. The fraction of sp³-hybridized carbons (Fsp3) is 0.160. The Kier molecular flexibility index (Phi) is 6.00. The first kappa shape index (κ1) is 22.3. The minimum atomic E-state index is -4.53. The first-order valence-electron chi connectivity index (χ1n) is 10.2. The second-order valence-corrected chi connectivity index (χ2v) is 7.60. The molecular formula is C25H20F3N3O2. The van der Waals surface area contributed by atoms with Gasteiger partial charge in [0.1, 0.15) is 5.75 Å². The minimum Gasteiger partial charge on any atom is -0.490 e. The molecule has 0 atom stereocenters. The molecular weight excluding hydrogens is 431 g/mol. The van der Waals surface area contributed by atoms with E-state index in [0.717, 1.165) is 16.8 Å². The number of aromatic nitrogens is 2. The summed E-state index contributed by atoms with van der Waals surface area (Å²) in [5.41, 5.74) is -0.233. The lowest BCUT2D eigenvalue weighted by molar-refractivity contribution is -0.137. The molecule has 3 aromatic carbocycles. The zero-order valence-electron chi connectivity index (χ0n) is 17.9. The summed E-state index contributed by atoms with van der Waals surface area (Å²) < 4.78 is 46.7. The number of rotatable bonds is 5. The van der Waals surface area contributed by atoms with Gasteiger partial charge >= 0.3 is 6.18 Å². The summed E-state index contributed by atoms with van der Waals surface area (Å²) in [5, 5.41) is 4.62. The molecule has 8 heteroatoms. The Morgan fingerprint density at radius 2 is 1.73 bits per heavy atom. The quantitative estimate of drug-likeness (QED) is 0.363. The maximum Gasteiger partial charge on any atom is 0.416 e. The normalized spacial score (nSPS) is 12.1. The van der Waals surface area contributed by atoms with Crippen LogP contribution >= 0.6 is 0 Å². The monoisotopic (exact) mass is 451 g/mol. The summed E-state index contributed by atoms with van der Waals surface area (Å²) in [6.45, 7) is 3.77. The van der Waals surface area contributed by atoms with Gasteiger partial charge in [0.15, 0.2) is 5.82 Å². The predicted octanol–water partition coefficient (Wildman–Crippen LogP) is 5.75. The summed E-state index contributed by atoms with van der Waals surface area (Å²) in [7, 11) is 0. The lowest BCUT2D eigenvalue weighted by atomic mass is 10.1. The number of hydrogen-bond acceptors (Lipinski definition) is 4. The Bertz CT molecular complexity index is 1390. The maximum atomic E-state index is 13.3. The second kappa shape index (κ2) is 8.90. The molecule has 0 N–H and O–H groups in total. The van der Waals surface area contributed by atoms with Gasteiger partial charge in [-0.3, -0.25) is 4.79 Å². The van der Waals surface area contributed by atoms with Crippen LogP contribution in [-0.4, -0.2) is 22.0 Å². The molecule has 0 fully saturated rings. The average molecular weight is 451 g/mol. The van der Waals surface area contributed by atoms with E-state index in [4.69, 9.17) is 4.74 Å². The summed E-state index contributed by atoms with van der Waals surface area (Å²) in [5.74, 6) is 0.571. The molecule has 5 nitrogen and oxygen atoms in total. The van der Waals surface area contributed by atoms with Crippen molar-refractivity contribution in [2.75, 3.05) is 0 Å². The number of halogens is 3. The van der Waals surface area contributed by atoms with Gasteiger partial charge in [-0.1, -0.05) is 36.4 Å². The van der Waals surface area contributed by atoms with Crippen LogP contribution in [0.5, 0.6) is 5.75 Å². The number of fused-ring (bicyclic) bond motifs is 1. The lowest BCUT2D eigenvalue weighted by Gasteiger charge is -2.13. The first-order valence-corrected chi connectivity index (χ1v) is 10.2. The molecule has 0 unspecified atom stereocenters. The topological polar surface area (TPSA) is 56.5 Å². The van der Waals surface area contributed by atoms with Crippen LogP contribution in [0.4, 0.5) is 13.2 Å². The summed E-state index contributed by atoms with van der Waals surface area (Å²) >= 11 is 0. The van der Waals surface area contributed by atoms with Crippen molar-refractivity contribution < 1.29 is 17.9 Å². The third-order valence-electron chi connectivity index (χ3n) is 4.80. The number of hydrogen-bond donors (Lipinski definition) is 0. The highest BCUT2D eigenvalue weighted by Crippen LogP contribution is 2.32. The van der Waals surface area contributed by atoms with E-state index in [2.05, 4.69) is 10.1 Å². The fourth-order valence-electron chi connectivity index (χ4n) is 3.32. The van der Waals surface area contributed by atoms with Crippen LogP contribution in [0.2, 0.25) is 0 Å². The molecule has 33 heavy (non-hydrogen) atoms. The van der Waals surface area contributed by atoms with E-state index in [9.17, 15) is 18.0 Å². The Hall–Kier alpha value is -3.94. The lowest BCUT2D eigenvalue weighted by Crippen LogP contribution is -2.20. The van der Waals surface area contributed by atoms with Gasteiger partial charge in [0.25, 0.3) is 5.56 Å². The molecule has 4 rings (SSSR count). The van der Waals surface area contributed by atoms with E-state index in [1.54, 1.807) is 42.5 Å². The van der Waals surface area contributed by atoms with Crippen LogP contribution in [0, 0.1) is 0 Å². The molecule has 0 spiro atoms. The molecule has 0 aliphatic rings. The Labute approximate surface area is 187 Å². The van der Waals surface area contributed by atoms with Crippen LogP contribution in [0.1, 0.15) is 25.0 Å². The highest BCUT2D eigenvalue weighted by molar-refractivity contribution is 5.84. The molecule has 0 amide bonds. The molecule has 4 aromatic rings. The van der Waals surface area contributed by atoms with Gasteiger partial charge in [0, 0.05) is 11.1 Å². The largest absolute Gasteiger partial charge is 0.490 e. The van der Waals surface area contributed by atoms with Crippen LogP contribution in [0.25, 0.3) is 22.3 Å². The molecule has 1 aromatic heterocycles. The highest BCUT2D eigenvalue weighted by Gasteiger charge is 2.31. The first-order chi connectivity index (χ1) is 15.7. The van der Waals surface area contributed by atoms with Crippen LogP contribution in [-0.2, 0) is 6.18 Å². The van der Waals surface area contributed by atoms with Crippen LogP contribution < -0.4 is 10.3 Å². The van der Waals surface area contributed by atoms with Crippen molar-refractivity contribution in [3.63, 3.8) is 0 Å². The number of benzene rings is 3. The maximum absolute atomic E-state index is 13.3. The van der Waals surface area contributed by atoms with E-state index in [1.165, 1.54) is 18.3 Å². The van der Waals surface area contributed by atoms with Crippen molar-refractivity contribution in [3.8, 4) is 17.1 Å². The Balaban J connectivity index is 1.91. The predicted molar refractivity (Wildman–Crippen MR) is 122 cm³/mol. The van der Waals surface area contributed by atoms with E-state index >= 15 is 0 Å². The van der Waals surface area contributed by atoms with Crippen LogP contribution in [0.3, 0.4) is 0 Å². The smallest absolute Gasteiger partial charge is 0.416 e. The molecule has 0 aliphatic heterocycles. The van der Waals surface area contributed by atoms with Gasteiger partial charge in [-0.05, 0) is 50.2 Å².